The normalized spacial score (nSPS) is 15.9. The first-order chi connectivity index (χ1) is 9.34. The number of quaternary nitrogens is 1. The Balaban J connectivity index is 0.000000240. The quantitative estimate of drug-likeness (QED) is 0.706. The van der Waals surface area contributed by atoms with Gasteiger partial charge in [0.05, 0.1) is 31.9 Å². The number of morpholine rings is 1. The number of alkyl halides is 3. The van der Waals surface area contributed by atoms with Gasteiger partial charge in [0.2, 0.25) is 0 Å². The summed E-state index contributed by atoms with van der Waals surface area (Å²) in [6, 6.07) is 3.38. The van der Waals surface area contributed by atoms with Gasteiger partial charge in [0.1, 0.15) is 18.8 Å². The first kappa shape index (κ1) is 16.6. The Bertz CT molecular complexity index is 482. The fraction of sp³-hybridized carbons (Fsp3) is 0.500. The molecule has 2 rings (SSSR count). The van der Waals surface area contributed by atoms with E-state index in [1.807, 2.05) is 0 Å². The highest BCUT2D eigenvalue weighted by Crippen LogP contribution is 2.27. The lowest BCUT2D eigenvalue weighted by Gasteiger charge is -2.18. The van der Waals surface area contributed by atoms with Gasteiger partial charge in [-0.05, 0) is 12.1 Å². The van der Waals surface area contributed by atoms with Crippen molar-refractivity contribution in [2.75, 3.05) is 33.4 Å². The maximum atomic E-state index is 12.0. The number of nitrogens with zero attached hydrogens (tertiary/aromatic N) is 2. The largest absolute Gasteiger partial charge is 0.759 e. The van der Waals surface area contributed by atoms with Crippen molar-refractivity contribution in [3.8, 4) is 6.07 Å². The molecule has 8 heteroatoms. The third-order valence-corrected chi connectivity index (χ3v) is 2.93. The van der Waals surface area contributed by atoms with Crippen LogP contribution in [0.4, 0.5) is 13.2 Å². The smallest absolute Gasteiger partial charge is 0.433 e. The third-order valence-electron chi connectivity index (χ3n) is 2.62. The minimum absolute atomic E-state index is 0.0250. The van der Waals surface area contributed by atoms with Crippen LogP contribution in [0.1, 0.15) is 11.3 Å². The molecule has 0 radical (unpaired) electrons. The van der Waals surface area contributed by atoms with Crippen LogP contribution >= 0.6 is 0 Å². The zero-order valence-electron chi connectivity index (χ0n) is 10.8. The van der Waals surface area contributed by atoms with Gasteiger partial charge in [-0.2, -0.15) is 18.4 Å². The molecule has 0 unspecified atom stereocenters. The Hall–Kier alpha value is -1.43. The van der Waals surface area contributed by atoms with Crippen LogP contribution < -0.4 is 4.90 Å². The highest BCUT2D eigenvalue weighted by Gasteiger charge is 2.32. The van der Waals surface area contributed by atoms with Crippen LogP contribution in [0.2, 0.25) is 0 Å². The molecule has 1 aromatic rings. The van der Waals surface area contributed by atoms with E-state index in [0.29, 0.717) is 0 Å². The van der Waals surface area contributed by atoms with Gasteiger partial charge in [-0.25, -0.2) is 0 Å². The summed E-state index contributed by atoms with van der Waals surface area (Å²) in [5, 5.41) is 8.05. The summed E-state index contributed by atoms with van der Waals surface area (Å²) < 4.78 is 41.2. The molecule has 0 spiro atoms. The number of pyridine rings is 1. The van der Waals surface area contributed by atoms with E-state index in [2.05, 4.69) is 24.7 Å². The molecule has 1 fully saturated rings. The molecule has 0 aromatic carbocycles. The summed E-state index contributed by atoms with van der Waals surface area (Å²) in [5.74, 6) is 0. The molecule has 4 nitrogen and oxygen atoms in total. The van der Waals surface area contributed by atoms with Gasteiger partial charge in [0.25, 0.3) is 0 Å². The van der Waals surface area contributed by atoms with E-state index in [9.17, 15) is 13.2 Å². The Labute approximate surface area is 120 Å². The van der Waals surface area contributed by atoms with E-state index in [1.54, 1.807) is 11.0 Å². The number of halogens is 3. The predicted molar refractivity (Wildman–Crippen MR) is 67.0 cm³/mol. The number of aromatic nitrogens is 1. The summed E-state index contributed by atoms with van der Waals surface area (Å²) in [4.78, 5) is 4.67. The van der Waals surface area contributed by atoms with Crippen LogP contribution in [0.15, 0.2) is 17.2 Å². The van der Waals surface area contributed by atoms with Gasteiger partial charge < -0.3 is 22.3 Å². The van der Waals surface area contributed by atoms with Crippen LogP contribution in [-0.4, -0.2) is 38.3 Å². The lowest BCUT2D eigenvalue weighted by atomic mass is 10.2. The molecule has 0 bridgehead atoms. The van der Waals surface area contributed by atoms with Crippen molar-refractivity contribution in [3.63, 3.8) is 0 Å². The molecule has 0 atom stereocenters. The fourth-order valence-electron chi connectivity index (χ4n) is 1.40. The maximum Gasteiger partial charge on any atom is 0.433 e. The molecule has 0 aliphatic carbocycles. The van der Waals surface area contributed by atoms with Crippen molar-refractivity contribution < 1.29 is 22.8 Å². The molecule has 1 saturated heterocycles. The van der Waals surface area contributed by atoms with Crippen molar-refractivity contribution in [3.05, 3.63) is 23.4 Å². The molecule has 1 aliphatic heterocycles. The number of hydrogen-bond donors (Lipinski definition) is 1. The molecule has 0 saturated carbocycles. The number of likely N-dealkylation sites (N-methyl/N-ethyl adjacent to an activating group) is 1. The van der Waals surface area contributed by atoms with Crippen LogP contribution in [-0.2, 0) is 23.5 Å². The minimum Gasteiger partial charge on any atom is -0.759 e. The lowest BCUT2D eigenvalue weighted by Crippen LogP contribution is -3.11. The Kier molecular flexibility index (Phi) is 6.13. The van der Waals surface area contributed by atoms with Crippen LogP contribution in [0.25, 0.3) is 0 Å². The molecular formula is C12H14F3N3OS. The average molecular weight is 305 g/mol. The van der Waals surface area contributed by atoms with Crippen molar-refractivity contribution in [2.24, 2.45) is 0 Å². The van der Waals surface area contributed by atoms with E-state index in [4.69, 9.17) is 10.00 Å². The first-order valence-electron chi connectivity index (χ1n) is 5.89. The van der Waals surface area contributed by atoms with Gasteiger partial charge in [-0.1, -0.05) is 5.03 Å². The standard InChI is InChI=1S/C7H3F3N2S.C5H11NO/c8-7(9,10)5-2-1-4(3-11)6(13)12-5;1-6-2-4-7-5-3-6/h1-2H,(H,12,13);2-5H2,1H3. The van der Waals surface area contributed by atoms with E-state index < -0.39 is 11.9 Å². The fourth-order valence-corrected chi connectivity index (χ4v) is 1.62. The van der Waals surface area contributed by atoms with Gasteiger partial charge >= 0.3 is 6.18 Å². The van der Waals surface area contributed by atoms with Gasteiger partial charge in [0.15, 0.2) is 0 Å². The zero-order valence-corrected chi connectivity index (χ0v) is 11.6. The monoisotopic (exact) mass is 305 g/mol. The van der Waals surface area contributed by atoms with Crippen molar-refractivity contribution in [1.82, 2.24) is 4.98 Å². The predicted octanol–water partition coefficient (Wildman–Crippen LogP) is 0.409. The molecular weight excluding hydrogens is 291 g/mol. The van der Waals surface area contributed by atoms with Gasteiger partial charge in [-0.15, -0.1) is 0 Å². The van der Waals surface area contributed by atoms with Crippen molar-refractivity contribution in [1.29, 1.82) is 5.26 Å². The maximum absolute atomic E-state index is 12.0. The minimum atomic E-state index is -4.51. The SMILES string of the molecule is C[NH+]1CCOCC1.N#Cc1ccc(C(F)(F)F)nc1[S-]. The van der Waals surface area contributed by atoms with E-state index >= 15 is 0 Å². The van der Waals surface area contributed by atoms with Crippen LogP contribution in [0.3, 0.4) is 0 Å². The number of nitrogens with one attached hydrogen (secondary N) is 1. The number of rotatable bonds is 0. The highest BCUT2D eigenvalue weighted by atomic mass is 32.1. The summed E-state index contributed by atoms with van der Waals surface area (Å²) in [6.45, 7) is 4.26. The Morgan fingerprint density at radius 1 is 1.35 bits per heavy atom. The second-order valence-corrected chi connectivity index (χ2v) is 4.61. The Morgan fingerprint density at radius 2 is 1.95 bits per heavy atom. The van der Waals surface area contributed by atoms with E-state index in [-0.39, 0.29) is 10.6 Å². The first-order valence-corrected chi connectivity index (χ1v) is 6.30. The molecule has 0 amide bonds. The summed E-state index contributed by atoms with van der Waals surface area (Å²) in [7, 11) is 2.20. The molecule has 1 aliphatic rings. The summed E-state index contributed by atoms with van der Waals surface area (Å²) in [6.07, 6.45) is -4.51. The van der Waals surface area contributed by atoms with E-state index in [1.165, 1.54) is 13.1 Å². The van der Waals surface area contributed by atoms with Gasteiger partial charge in [-0.3, -0.25) is 4.98 Å². The average Bonchev–Trinajstić information content (AvgIpc) is 2.39. The third kappa shape index (κ3) is 5.28. The second kappa shape index (κ2) is 7.38. The van der Waals surface area contributed by atoms with Crippen LogP contribution in [0, 0.1) is 11.3 Å². The number of nitriles is 1. The highest BCUT2D eigenvalue weighted by molar-refractivity contribution is 7.58. The zero-order chi connectivity index (χ0) is 15.2. The van der Waals surface area contributed by atoms with Crippen LogP contribution in [0.5, 0.6) is 0 Å². The topological polar surface area (TPSA) is 50.4 Å². The molecule has 110 valence electrons. The number of ether oxygens (including phenoxy) is 1. The Morgan fingerprint density at radius 3 is 2.30 bits per heavy atom. The summed E-state index contributed by atoms with van der Waals surface area (Å²) >= 11 is 4.47. The molecule has 20 heavy (non-hydrogen) atoms. The molecule has 1 aromatic heterocycles. The second-order valence-electron chi connectivity index (χ2n) is 4.23. The van der Waals surface area contributed by atoms with E-state index in [0.717, 1.165) is 25.3 Å². The molecule has 1 N–H and O–H groups in total. The van der Waals surface area contributed by atoms with Crippen molar-refractivity contribution >= 4 is 12.6 Å². The number of hydrogen-bond acceptors (Lipinski definition) is 4. The summed E-state index contributed by atoms with van der Waals surface area (Å²) in [5.41, 5.74) is -1.10. The van der Waals surface area contributed by atoms with Crippen molar-refractivity contribution in [2.45, 2.75) is 11.2 Å². The lowest BCUT2D eigenvalue weighted by molar-refractivity contribution is -0.888. The van der Waals surface area contributed by atoms with Gasteiger partial charge in [0, 0.05) is 0 Å². The molecule has 2 heterocycles.